The van der Waals surface area contributed by atoms with E-state index in [1.54, 1.807) is 0 Å². The van der Waals surface area contributed by atoms with Crippen LogP contribution in [-0.2, 0) is 17.6 Å². The average molecular weight is 318 g/mol. The molecular formula is C21H22N2O. The van der Waals surface area contributed by atoms with E-state index >= 15 is 0 Å². The fraction of sp³-hybridized carbons (Fsp3) is 0.286. The maximum absolute atomic E-state index is 12.4. The maximum atomic E-state index is 12.4. The molecule has 1 aromatic heterocycles. The Bertz CT molecular complexity index is 865. The molecule has 0 spiro atoms. The fourth-order valence-electron chi connectivity index (χ4n) is 3.76. The molecule has 0 aliphatic heterocycles. The zero-order chi connectivity index (χ0) is 16.4. The van der Waals surface area contributed by atoms with Crippen molar-refractivity contribution in [1.82, 2.24) is 10.3 Å². The second kappa shape index (κ2) is 6.52. The largest absolute Gasteiger partial charge is 0.361 e. The summed E-state index contributed by atoms with van der Waals surface area (Å²) in [5.74, 6) is 0.141. The third kappa shape index (κ3) is 2.94. The van der Waals surface area contributed by atoms with E-state index in [2.05, 4.69) is 46.7 Å². The number of rotatable bonds is 4. The molecule has 122 valence electrons. The standard InChI is InChI=1S/C21H22N2O/c24-21(13-12-16-14-22-19-10-4-3-9-18(16)19)23-20-11-5-7-15-6-1-2-8-17(15)20/h1-4,6,8-10,14,20,22H,5,7,11-13H2,(H,23,24)/t20-/m1/s1. The highest BCUT2D eigenvalue weighted by Gasteiger charge is 2.21. The zero-order valence-corrected chi connectivity index (χ0v) is 13.7. The summed E-state index contributed by atoms with van der Waals surface area (Å²) < 4.78 is 0. The van der Waals surface area contributed by atoms with E-state index in [1.807, 2.05) is 18.3 Å². The van der Waals surface area contributed by atoms with Crippen molar-refractivity contribution in [3.63, 3.8) is 0 Å². The Morgan fingerprint density at radius 1 is 1.12 bits per heavy atom. The molecule has 1 aliphatic carbocycles. The molecule has 1 heterocycles. The van der Waals surface area contributed by atoms with Crippen LogP contribution in [0.1, 0.15) is 42.0 Å². The van der Waals surface area contributed by atoms with Gasteiger partial charge in [-0.2, -0.15) is 0 Å². The van der Waals surface area contributed by atoms with Gasteiger partial charge in [-0.05, 0) is 48.4 Å². The van der Waals surface area contributed by atoms with Crippen LogP contribution >= 0.6 is 0 Å². The van der Waals surface area contributed by atoms with Gasteiger partial charge < -0.3 is 10.3 Å². The predicted molar refractivity (Wildman–Crippen MR) is 96.9 cm³/mol. The first-order valence-electron chi connectivity index (χ1n) is 8.73. The van der Waals surface area contributed by atoms with Gasteiger partial charge in [-0.25, -0.2) is 0 Å². The van der Waals surface area contributed by atoms with Gasteiger partial charge in [0.05, 0.1) is 6.04 Å². The van der Waals surface area contributed by atoms with E-state index in [-0.39, 0.29) is 11.9 Å². The Labute approximate surface area is 142 Å². The molecule has 1 atom stereocenters. The number of benzene rings is 2. The number of amides is 1. The summed E-state index contributed by atoms with van der Waals surface area (Å²) in [5.41, 5.74) is 5.02. The SMILES string of the molecule is O=C(CCc1c[nH]c2ccccc12)N[C@@H]1CCCc2ccccc21. The van der Waals surface area contributed by atoms with Gasteiger partial charge in [-0.15, -0.1) is 0 Å². The minimum atomic E-state index is 0.141. The molecule has 2 aromatic carbocycles. The van der Waals surface area contributed by atoms with Crippen LogP contribution in [0.2, 0.25) is 0 Å². The van der Waals surface area contributed by atoms with Crippen molar-refractivity contribution in [3.05, 3.63) is 71.4 Å². The van der Waals surface area contributed by atoms with E-state index in [0.29, 0.717) is 6.42 Å². The van der Waals surface area contributed by atoms with Gasteiger partial charge in [0.1, 0.15) is 0 Å². The van der Waals surface area contributed by atoms with Crippen molar-refractivity contribution in [2.45, 2.75) is 38.1 Å². The number of carbonyl (C=O) groups excluding carboxylic acids is 1. The van der Waals surface area contributed by atoms with Crippen LogP contribution in [-0.4, -0.2) is 10.9 Å². The molecule has 1 aliphatic rings. The first-order valence-corrected chi connectivity index (χ1v) is 8.73. The number of fused-ring (bicyclic) bond motifs is 2. The molecule has 3 heteroatoms. The summed E-state index contributed by atoms with van der Waals surface area (Å²) in [7, 11) is 0. The van der Waals surface area contributed by atoms with Crippen molar-refractivity contribution in [2.75, 3.05) is 0 Å². The lowest BCUT2D eigenvalue weighted by atomic mass is 9.87. The number of H-pyrrole nitrogens is 1. The highest BCUT2D eigenvalue weighted by atomic mass is 16.1. The highest BCUT2D eigenvalue weighted by molar-refractivity contribution is 5.84. The molecule has 0 unspecified atom stereocenters. The number of aromatic nitrogens is 1. The van der Waals surface area contributed by atoms with Crippen LogP contribution in [0, 0.1) is 0 Å². The summed E-state index contributed by atoms with van der Waals surface area (Å²) in [5, 5.41) is 4.45. The molecule has 1 amide bonds. The van der Waals surface area contributed by atoms with Crippen molar-refractivity contribution in [2.24, 2.45) is 0 Å². The lowest BCUT2D eigenvalue weighted by Crippen LogP contribution is -2.31. The number of aromatic amines is 1. The lowest BCUT2D eigenvalue weighted by molar-refractivity contribution is -0.121. The Hall–Kier alpha value is -2.55. The van der Waals surface area contributed by atoms with E-state index in [9.17, 15) is 4.79 Å². The second-order valence-corrected chi connectivity index (χ2v) is 6.57. The summed E-state index contributed by atoms with van der Waals surface area (Å²) in [6.07, 6.45) is 6.62. The minimum Gasteiger partial charge on any atom is -0.361 e. The maximum Gasteiger partial charge on any atom is 0.220 e. The monoisotopic (exact) mass is 318 g/mol. The van der Waals surface area contributed by atoms with Crippen LogP contribution in [0.25, 0.3) is 10.9 Å². The van der Waals surface area contributed by atoms with Gasteiger partial charge >= 0.3 is 0 Å². The molecule has 3 aromatic rings. The molecule has 0 radical (unpaired) electrons. The molecule has 0 fully saturated rings. The summed E-state index contributed by atoms with van der Waals surface area (Å²) in [4.78, 5) is 15.7. The molecule has 0 saturated carbocycles. The lowest BCUT2D eigenvalue weighted by Gasteiger charge is -2.26. The number of para-hydroxylation sites is 1. The zero-order valence-electron chi connectivity index (χ0n) is 13.7. The van der Waals surface area contributed by atoms with Crippen LogP contribution in [0.4, 0.5) is 0 Å². The van der Waals surface area contributed by atoms with Crippen LogP contribution in [0.15, 0.2) is 54.7 Å². The number of carbonyl (C=O) groups is 1. The quantitative estimate of drug-likeness (QED) is 0.740. The third-order valence-corrected chi connectivity index (χ3v) is 5.00. The Kier molecular flexibility index (Phi) is 4.08. The first-order chi connectivity index (χ1) is 11.8. The Morgan fingerprint density at radius 2 is 1.96 bits per heavy atom. The van der Waals surface area contributed by atoms with Crippen LogP contribution < -0.4 is 5.32 Å². The molecule has 3 nitrogen and oxygen atoms in total. The summed E-state index contributed by atoms with van der Waals surface area (Å²) in [6.45, 7) is 0. The number of nitrogens with one attached hydrogen (secondary N) is 2. The normalized spacial score (nSPS) is 16.8. The molecule has 24 heavy (non-hydrogen) atoms. The van der Waals surface area contributed by atoms with Gasteiger partial charge in [-0.3, -0.25) is 4.79 Å². The van der Waals surface area contributed by atoms with Crippen LogP contribution in [0.5, 0.6) is 0 Å². The van der Waals surface area contributed by atoms with Gasteiger partial charge in [0.25, 0.3) is 0 Å². The topological polar surface area (TPSA) is 44.9 Å². The van der Waals surface area contributed by atoms with E-state index in [4.69, 9.17) is 0 Å². The van der Waals surface area contributed by atoms with Gasteiger partial charge in [0.15, 0.2) is 0 Å². The van der Waals surface area contributed by atoms with Crippen LogP contribution in [0.3, 0.4) is 0 Å². The van der Waals surface area contributed by atoms with E-state index < -0.39 is 0 Å². The second-order valence-electron chi connectivity index (χ2n) is 6.57. The van der Waals surface area contributed by atoms with Crippen molar-refractivity contribution < 1.29 is 4.79 Å². The average Bonchev–Trinajstić information content (AvgIpc) is 3.04. The molecular weight excluding hydrogens is 296 g/mol. The number of aryl methyl sites for hydroxylation is 2. The van der Waals surface area contributed by atoms with Crippen molar-refractivity contribution in [3.8, 4) is 0 Å². The first kappa shape index (κ1) is 15.0. The molecule has 0 bridgehead atoms. The van der Waals surface area contributed by atoms with E-state index in [0.717, 1.165) is 31.2 Å². The van der Waals surface area contributed by atoms with Gasteiger partial charge in [0, 0.05) is 23.5 Å². The minimum absolute atomic E-state index is 0.141. The highest BCUT2D eigenvalue weighted by Crippen LogP contribution is 2.29. The van der Waals surface area contributed by atoms with Gasteiger partial charge in [-0.1, -0.05) is 42.5 Å². The Morgan fingerprint density at radius 3 is 2.92 bits per heavy atom. The Balaban J connectivity index is 1.41. The summed E-state index contributed by atoms with van der Waals surface area (Å²) in [6, 6.07) is 16.9. The number of hydrogen-bond donors (Lipinski definition) is 2. The van der Waals surface area contributed by atoms with Crippen molar-refractivity contribution >= 4 is 16.8 Å². The fourth-order valence-corrected chi connectivity index (χ4v) is 3.76. The molecule has 4 rings (SSSR count). The summed E-state index contributed by atoms with van der Waals surface area (Å²) >= 11 is 0. The van der Waals surface area contributed by atoms with E-state index in [1.165, 1.54) is 22.1 Å². The molecule has 0 saturated heterocycles. The van der Waals surface area contributed by atoms with Gasteiger partial charge in [0.2, 0.25) is 5.91 Å². The number of hydrogen-bond acceptors (Lipinski definition) is 1. The molecule has 2 N–H and O–H groups in total. The smallest absolute Gasteiger partial charge is 0.220 e. The third-order valence-electron chi connectivity index (χ3n) is 5.00. The van der Waals surface area contributed by atoms with Crippen molar-refractivity contribution in [1.29, 1.82) is 0 Å². The predicted octanol–water partition coefficient (Wildman–Crippen LogP) is 4.29.